The lowest BCUT2D eigenvalue weighted by atomic mass is 10.0. The van der Waals surface area contributed by atoms with Crippen LogP contribution in [0.15, 0.2) is 37.2 Å². The Labute approximate surface area is 151 Å². The van der Waals surface area contributed by atoms with Gasteiger partial charge in [0.05, 0.1) is 29.6 Å². The largest absolute Gasteiger partial charge is 0.390 e. The van der Waals surface area contributed by atoms with Crippen LogP contribution in [0.1, 0.15) is 25.6 Å². The zero-order valence-corrected chi connectivity index (χ0v) is 13.8. The highest BCUT2D eigenvalue weighted by Gasteiger charge is 2.41. The molecule has 3 heterocycles. The van der Waals surface area contributed by atoms with Crippen molar-refractivity contribution in [1.29, 1.82) is 0 Å². The average molecular weight is 356 g/mol. The molecular weight excluding hydrogens is 332 g/mol. The second-order valence-corrected chi connectivity index (χ2v) is 6.49. The van der Waals surface area contributed by atoms with Gasteiger partial charge in [0.1, 0.15) is 23.9 Å². The van der Waals surface area contributed by atoms with E-state index in [0.717, 1.165) is 11.1 Å². The van der Waals surface area contributed by atoms with Gasteiger partial charge in [0, 0.05) is 25.4 Å². The molecule has 0 spiro atoms. The number of nitrogens with zero attached hydrogens (tertiary/aromatic N) is 5. The van der Waals surface area contributed by atoms with E-state index in [1.54, 1.807) is 6.33 Å². The lowest BCUT2D eigenvalue weighted by Crippen LogP contribution is -2.29. The highest BCUT2D eigenvalue weighted by atomic mass is 16.3. The molecule has 0 amide bonds. The molecule has 8 nitrogen and oxygen atoms in total. The molecule has 0 unspecified atom stereocenters. The Morgan fingerprint density at radius 2 is 2.04 bits per heavy atom. The molecule has 0 aliphatic heterocycles. The number of hydrogen-bond acceptors (Lipinski definition) is 6. The number of aliphatic hydroxyl groups is 2. The van der Waals surface area contributed by atoms with Gasteiger partial charge in [-0.25, -0.2) is 15.0 Å². The van der Waals surface area contributed by atoms with Crippen LogP contribution < -0.4 is 5.73 Å². The molecule has 0 radical (unpaired) electrons. The number of nitrogens with two attached hydrogens (primary N) is 1. The summed E-state index contributed by atoms with van der Waals surface area (Å²) >= 11 is 0. The molecule has 4 atom stereocenters. The monoisotopic (exact) mass is 356 g/mol. The summed E-state index contributed by atoms with van der Waals surface area (Å²) in [6, 6.07) is 1.56. The Morgan fingerprint density at radius 1 is 1.23 bits per heavy atom. The smallest absolute Gasteiger partial charge is 0.145 e. The predicted molar refractivity (Wildman–Crippen MR) is 100 cm³/mol. The quantitative estimate of drug-likeness (QED) is 0.653. The summed E-state index contributed by atoms with van der Waals surface area (Å²) in [5.41, 5.74) is 7.36. The minimum atomic E-state index is -0.884. The number of fused-ring (bicyclic) bond motifs is 1. The van der Waals surface area contributed by atoms with E-state index in [0.29, 0.717) is 17.9 Å². The Bertz CT molecular complexity index is 931. The van der Waals surface area contributed by atoms with Crippen molar-refractivity contribution in [3.8, 4) is 0 Å². The maximum absolute atomic E-state index is 10.5. The van der Waals surface area contributed by atoms with Crippen molar-refractivity contribution in [1.82, 2.24) is 24.1 Å². The molecule has 1 fully saturated rings. The number of aryl methyl sites for hydroxylation is 1. The van der Waals surface area contributed by atoms with Crippen LogP contribution in [0, 0.1) is 5.92 Å². The second-order valence-electron chi connectivity index (χ2n) is 6.49. The minimum absolute atomic E-state index is 0. The molecule has 1 aliphatic carbocycles. The first-order valence-electron chi connectivity index (χ1n) is 8.14. The zero-order valence-electron chi connectivity index (χ0n) is 13.8. The topological polar surface area (TPSA) is 115 Å². The fraction of sp³-hybridized carbons (Fsp3) is 0.389. The van der Waals surface area contributed by atoms with E-state index in [-0.39, 0.29) is 19.4 Å². The summed E-state index contributed by atoms with van der Waals surface area (Å²) in [5, 5.41) is 21.7. The van der Waals surface area contributed by atoms with Crippen molar-refractivity contribution < 1.29 is 10.2 Å². The molecular formula is C18H24N6O2. The molecule has 8 heteroatoms. The first kappa shape index (κ1) is 18.1. The molecule has 4 N–H and O–H groups in total. The van der Waals surface area contributed by atoms with E-state index in [1.165, 1.54) is 6.33 Å². The van der Waals surface area contributed by atoms with Gasteiger partial charge in [0.25, 0.3) is 0 Å². The molecule has 3 aromatic rings. The van der Waals surface area contributed by atoms with Crippen LogP contribution in [0.5, 0.6) is 0 Å². The minimum Gasteiger partial charge on any atom is -0.390 e. The van der Waals surface area contributed by atoms with Crippen molar-refractivity contribution in [2.45, 2.75) is 32.1 Å². The average Bonchev–Trinajstić information content (AvgIpc) is 3.27. The maximum atomic E-state index is 10.5. The van der Waals surface area contributed by atoms with E-state index in [4.69, 9.17) is 5.73 Å². The van der Waals surface area contributed by atoms with Gasteiger partial charge >= 0.3 is 0 Å². The SMILES string of the molecule is C.Cn1cnc(/C=C/[C@H]2C[C@@H](n3ccc4c(N)ncnc43)[C@H](O)[C@@H]2O)c1. The van der Waals surface area contributed by atoms with Crippen molar-refractivity contribution in [3.63, 3.8) is 0 Å². The number of nitrogen functional groups attached to an aromatic ring is 1. The molecule has 0 saturated heterocycles. The van der Waals surface area contributed by atoms with Crippen LogP contribution in [0.2, 0.25) is 0 Å². The van der Waals surface area contributed by atoms with Crippen LogP contribution in [-0.2, 0) is 7.05 Å². The number of aromatic nitrogens is 5. The Kier molecular flexibility index (Phi) is 4.80. The molecule has 26 heavy (non-hydrogen) atoms. The van der Waals surface area contributed by atoms with Crippen LogP contribution in [0.25, 0.3) is 17.1 Å². The Balaban J connectivity index is 0.00000196. The van der Waals surface area contributed by atoms with Crippen LogP contribution in [0.3, 0.4) is 0 Å². The van der Waals surface area contributed by atoms with Gasteiger partial charge in [0.15, 0.2) is 0 Å². The number of anilines is 1. The summed E-state index contributed by atoms with van der Waals surface area (Å²) in [5.74, 6) is 0.238. The number of aliphatic hydroxyl groups excluding tert-OH is 2. The number of imidazole rings is 1. The van der Waals surface area contributed by atoms with Crippen LogP contribution in [-0.4, -0.2) is 46.5 Å². The number of hydrogen-bond donors (Lipinski definition) is 3. The van der Waals surface area contributed by atoms with E-state index >= 15 is 0 Å². The van der Waals surface area contributed by atoms with Crippen molar-refractivity contribution in [2.24, 2.45) is 13.0 Å². The van der Waals surface area contributed by atoms with Crippen molar-refractivity contribution >= 4 is 22.9 Å². The fourth-order valence-electron chi connectivity index (χ4n) is 3.51. The highest BCUT2D eigenvalue weighted by Crippen LogP contribution is 2.38. The molecule has 138 valence electrons. The van der Waals surface area contributed by atoms with Crippen LogP contribution >= 0.6 is 0 Å². The highest BCUT2D eigenvalue weighted by molar-refractivity contribution is 5.86. The van der Waals surface area contributed by atoms with Crippen molar-refractivity contribution in [3.05, 3.63) is 42.9 Å². The van der Waals surface area contributed by atoms with E-state index in [1.807, 2.05) is 46.8 Å². The fourth-order valence-corrected chi connectivity index (χ4v) is 3.51. The first-order chi connectivity index (χ1) is 12.0. The zero-order chi connectivity index (χ0) is 17.6. The lowest BCUT2D eigenvalue weighted by molar-refractivity contribution is 0.0139. The molecule has 1 saturated carbocycles. The summed E-state index contributed by atoms with van der Waals surface area (Å²) in [7, 11) is 1.90. The predicted octanol–water partition coefficient (Wildman–Crippen LogP) is 1.38. The number of rotatable bonds is 3. The van der Waals surface area contributed by atoms with E-state index < -0.39 is 12.2 Å². The third-order valence-electron chi connectivity index (χ3n) is 4.83. The van der Waals surface area contributed by atoms with Gasteiger partial charge in [0.2, 0.25) is 0 Å². The summed E-state index contributed by atoms with van der Waals surface area (Å²) in [6.45, 7) is 0. The van der Waals surface area contributed by atoms with Gasteiger partial charge in [-0.3, -0.25) is 0 Å². The van der Waals surface area contributed by atoms with Gasteiger partial charge in [-0.05, 0) is 18.6 Å². The van der Waals surface area contributed by atoms with E-state index in [9.17, 15) is 10.2 Å². The maximum Gasteiger partial charge on any atom is 0.145 e. The third-order valence-corrected chi connectivity index (χ3v) is 4.83. The molecule has 0 bridgehead atoms. The summed E-state index contributed by atoms with van der Waals surface area (Å²) < 4.78 is 3.73. The van der Waals surface area contributed by atoms with Gasteiger partial charge in [-0.1, -0.05) is 13.5 Å². The third kappa shape index (κ3) is 2.97. The Hall–Kier alpha value is -2.71. The van der Waals surface area contributed by atoms with Gasteiger partial charge in [-0.15, -0.1) is 0 Å². The first-order valence-corrected chi connectivity index (χ1v) is 8.14. The molecule has 0 aromatic carbocycles. The standard InChI is InChI=1S/C17H20N6O2.CH4/c1-22-7-11(21-9-22)3-2-10-6-13(15(25)14(10)24)23-5-4-12-16(18)19-8-20-17(12)23;/h2-5,7-10,13-15,24-25H,6H2,1H3,(H2,18,19,20);1H4/b3-2+;/t10-,13+,14+,15-;/m0./s1. The molecule has 4 rings (SSSR count). The Morgan fingerprint density at radius 3 is 2.77 bits per heavy atom. The normalized spacial score (nSPS) is 25.8. The van der Waals surface area contributed by atoms with Gasteiger partial charge < -0.3 is 25.1 Å². The van der Waals surface area contributed by atoms with E-state index in [2.05, 4.69) is 15.0 Å². The van der Waals surface area contributed by atoms with Crippen molar-refractivity contribution in [2.75, 3.05) is 5.73 Å². The molecule has 1 aliphatic rings. The van der Waals surface area contributed by atoms with Gasteiger partial charge in [-0.2, -0.15) is 0 Å². The molecule has 3 aromatic heterocycles. The van der Waals surface area contributed by atoms with Crippen LogP contribution in [0.4, 0.5) is 5.82 Å². The lowest BCUT2D eigenvalue weighted by Gasteiger charge is -2.18. The summed E-state index contributed by atoms with van der Waals surface area (Å²) in [4.78, 5) is 12.5. The summed E-state index contributed by atoms with van der Waals surface area (Å²) in [6.07, 6.45) is 9.50. The second kappa shape index (κ2) is 6.89.